The predicted molar refractivity (Wildman–Crippen MR) is 103 cm³/mol. The normalized spacial score (nSPS) is 28.7. The van der Waals surface area contributed by atoms with Gasteiger partial charge in [0.15, 0.2) is 0 Å². The van der Waals surface area contributed by atoms with Crippen LogP contribution in [0, 0.1) is 5.82 Å². The van der Waals surface area contributed by atoms with Gasteiger partial charge < -0.3 is 9.47 Å². The maximum absolute atomic E-state index is 13.5. The Balaban J connectivity index is 1.50. The minimum atomic E-state index is -0.160. The third-order valence-electron chi connectivity index (χ3n) is 6.08. The fourth-order valence-corrected chi connectivity index (χ4v) is 5.44. The van der Waals surface area contributed by atoms with E-state index in [0.717, 1.165) is 45.3 Å². The van der Waals surface area contributed by atoms with Gasteiger partial charge >= 0.3 is 0 Å². The number of unbranched alkanes of at least 4 members (excludes halogenated alkanes) is 1. The molecule has 0 saturated carbocycles. The summed E-state index contributed by atoms with van der Waals surface area (Å²) in [5.41, 5.74) is 1.21. The minimum absolute atomic E-state index is 0.0785. The van der Waals surface area contributed by atoms with E-state index < -0.39 is 0 Å². The van der Waals surface area contributed by atoms with E-state index >= 15 is 0 Å². The van der Waals surface area contributed by atoms with Gasteiger partial charge in [0.05, 0.1) is 12.2 Å². The van der Waals surface area contributed by atoms with Crippen LogP contribution in [0.5, 0.6) is 0 Å². The molecule has 1 spiro atoms. The summed E-state index contributed by atoms with van der Waals surface area (Å²) in [6.07, 6.45) is 7.66. The van der Waals surface area contributed by atoms with Gasteiger partial charge in [-0.25, -0.2) is 4.39 Å². The van der Waals surface area contributed by atoms with Gasteiger partial charge in [0.25, 0.3) is 0 Å². The number of aryl methyl sites for hydroxylation is 1. The van der Waals surface area contributed by atoms with Crippen LogP contribution in [0.3, 0.4) is 0 Å². The molecule has 1 aromatic heterocycles. The van der Waals surface area contributed by atoms with Gasteiger partial charge in [0.1, 0.15) is 5.82 Å². The molecule has 2 saturated heterocycles. The molecule has 4 rings (SSSR count). The molecule has 26 heavy (non-hydrogen) atoms. The second-order valence-electron chi connectivity index (χ2n) is 7.83. The van der Waals surface area contributed by atoms with Gasteiger partial charge in [0.2, 0.25) is 0 Å². The van der Waals surface area contributed by atoms with Crippen molar-refractivity contribution < 1.29 is 13.9 Å². The van der Waals surface area contributed by atoms with E-state index in [1.54, 1.807) is 12.1 Å². The average Bonchev–Trinajstić information content (AvgIpc) is 3.32. The fraction of sp³-hybridized carbons (Fsp3) is 0.545. The molecule has 2 aromatic rings. The van der Waals surface area contributed by atoms with Crippen LogP contribution in [-0.4, -0.2) is 25.4 Å². The topological polar surface area (TPSA) is 18.5 Å². The Morgan fingerprint density at radius 2 is 1.92 bits per heavy atom. The van der Waals surface area contributed by atoms with Crippen LogP contribution in [-0.2, 0) is 21.3 Å². The van der Waals surface area contributed by atoms with Gasteiger partial charge in [-0.3, -0.25) is 0 Å². The molecule has 0 amide bonds. The maximum atomic E-state index is 13.5. The molecule has 0 aliphatic carbocycles. The summed E-state index contributed by atoms with van der Waals surface area (Å²) in [5, 5.41) is 2.15. The highest BCUT2D eigenvalue weighted by atomic mass is 32.1. The zero-order valence-corrected chi connectivity index (χ0v) is 16.0. The van der Waals surface area contributed by atoms with Crippen LogP contribution in [0.25, 0.3) is 0 Å². The van der Waals surface area contributed by atoms with Crippen molar-refractivity contribution in [2.45, 2.75) is 56.0 Å². The van der Waals surface area contributed by atoms with Crippen LogP contribution in [0.4, 0.5) is 4.39 Å². The first-order valence-corrected chi connectivity index (χ1v) is 10.6. The zero-order valence-electron chi connectivity index (χ0n) is 15.2. The van der Waals surface area contributed by atoms with Gasteiger partial charge in [-0.2, -0.15) is 0 Å². The van der Waals surface area contributed by atoms with E-state index in [9.17, 15) is 4.39 Å². The molecule has 2 nitrogen and oxygen atoms in total. The van der Waals surface area contributed by atoms with E-state index in [2.05, 4.69) is 17.5 Å². The maximum Gasteiger partial charge on any atom is 0.123 e. The first kappa shape index (κ1) is 18.1. The summed E-state index contributed by atoms with van der Waals surface area (Å²) in [5.74, 6) is -0.160. The van der Waals surface area contributed by atoms with E-state index in [1.165, 1.54) is 23.3 Å². The van der Waals surface area contributed by atoms with Crippen LogP contribution >= 0.6 is 11.3 Å². The molecule has 2 aliphatic heterocycles. The molecule has 2 atom stereocenters. The first-order chi connectivity index (χ1) is 12.7. The summed E-state index contributed by atoms with van der Waals surface area (Å²) >= 11 is 1.84. The molecule has 1 aromatic carbocycles. The third kappa shape index (κ3) is 3.88. The van der Waals surface area contributed by atoms with Crippen molar-refractivity contribution in [2.75, 3.05) is 19.8 Å². The summed E-state index contributed by atoms with van der Waals surface area (Å²) < 4.78 is 25.4. The molecule has 0 bridgehead atoms. The van der Waals surface area contributed by atoms with Gasteiger partial charge in [-0.15, -0.1) is 11.3 Å². The molecule has 140 valence electrons. The molecule has 2 unspecified atom stereocenters. The lowest BCUT2D eigenvalue weighted by atomic mass is 9.65. The molecule has 3 heterocycles. The summed E-state index contributed by atoms with van der Waals surface area (Å²) in [6, 6.07) is 11.5. The van der Waals surface area contributed by atoms with Crippen molar-refractivity contribution in [2.24, 2.45) is 0 Å². The minimum Gasteiger partial charge on any atom is -0.378 e. The summed E-state index contributed by atoms with van der Waals surface area (Å²) in [7, 11) is 0. The largest absolute Gasteiger partial charge is 0.378 e. The SMILES string of the molecule is Fc1ccc(C2(CCCCc3cccs3)CCOC3(CCOC3)C2)cc1. The lowest BCUT2D eigenvalue weighted by Crippen LogP contribution is -2.48. The quantitative estimate of drug-likeness (QED) is 0.621. The van der Waals surface area contributed by atoms with Gasteiger partial charge in [0, 0.05) is 29.9 Å². The Morgan fingerprint density at radius 1 is 1.04 bits per heavy atom. The highest BCUT2D eigenvalue weighted by molar-refractivity contribution is 7.09. The Morgan fingerprint density at radius 3 is 2.65 bits per heavy atom. The van der Waals surface area contributed by atoms with E-state index in [-0.39, 0.29) is 16.8 Å². The first-order valence-electron chi connectivity index (χ1n) is 9.70. The van der Waals surface area contributed by atoms with Crippen LogP contribution < -0.4 is 0 Å². The number of hydrogen-bond donors (Lipinski definition) is 0. The monoisotopic (exact) mass is 374 g/mol. The molecular formula is C22H27FO2S. The summed E-state index contributed by atoms with van der Waals surface area (Å²) in [4.78, 5) is 1.47. The molecule has 0 N–H and O–H groups in total. The molecule has 4 heteroatoms. The molecular weight excluding hydrogens is 347 g/mol. The average molecular weight is 375 g/mol. The van der Waals surface area contributed by atoms with E-state index in [4.69, 9.17) is 9.47 Å². The Labute approximate surface area is 159 Å². The molecule has 2 fully saturated rings. The van der Waals surface area contributed by atoms with Crippen molar-refractivity contribution in [1.29, 1.82) is 0 Å². The highest BCUT2D eigenvalue weighted by Gasteiger charge is 2.48. The van der Waals surface area contributed by atoms with Crippen molar-refractivity contribution in [3.8, 4) is 0 Å². The van der Waals surface area contributed by atoms with Gasteiger partial charge in [-0.1, -0.05) is 24.6 Å². The number of benzene rings is 1. The summed E-state index contributed by atoms with van der Waals surface area (Å²) in [6.45, 7) is 2.26. The Kier molecular flexibility index (Phi) is 5.44. The fourth-order valence-electron chi connectivity index (χ4n) is 4.69. The van der Waals surface area contributed by atoms with Crippen molar-refractivity contribution >= 4 is 11.3 Å². The lowest BCUT2D eigenvalue weighted by Gasteiger charge is -2.46. The van der Waals surface area contributed by atoms with Crippen molar-refractivity contribution in [3.63, 3.8) is 0 Å². The molecule has 0 radical (unpaired) electrons. The Hall–Kier alpha value is -1.23. The van der Waals surface area contributed by atoms with E-state index in [1.807, 2.05) is 23.5 Å². The van der Waals surface area contributed by atoms with Crippen LogP contribution in [0.2, 0.25) is 0 Å². The molecule has 2 aliphatic rings. The number of hydrogen-bond acceptors (Lipinski definition) is 3. The second-order valence-corrected chi connectivity index (χ2v) is 8.87. The zero-order chi connectivity index (χ0) is 17.9. The number of rotatable bonds is 6. The smallest absolute Gasteiger partial charge is 0.123 e. The van der Waals surface area contributed by atoms with Crippen LogP contribution in [0.15, 0.2) is 41.8 Å². The van der Waals surface area contributed by atoms with Crippen molar-refractivity contribution in [3.05, 3.63) is 58.0 Å². The third-order valence-corrected chi connectivity index (χ3v) is 7.02. The predicted octanol–water partition coefficient (Wildman–Crippen LogP) is 5.51. The number of ether oxygens (including phenoxy) is 2. The van der Waals surface area contributed by atoms with Crippen molar-refractivity contribution in [1.82, 2.24) is 0 Å². The number of halogens is 1. The Bertz CT molecular complexity index is 691. The van der Waals surface area contributed by atoms with Crippen LogP contribution in [0.1, 0.15) is 49.0 Å². The second kappa shape index (κ2) is 7.79. The highest BCUT2D eigenvalue weighted by Crippen LogP contribution is 2.47. The van der Waals surface area contributed by atoms with Gasteiger partial charge in [-0.05, 0) is 61.2 Å². The number of thiophene rings is 1. The standard InChI is InChI=1S/C22H27FO2S/c23-19-8-6-18(7-9-19)21(10-2-1-4-20-5-3-15-26-20)11-14-25-22(16-21)12-13-24-17-22/h3,5-9,15H,1-2,4,10-14,16-17H2. The lowest BCUT2D eigenvalue weighted by molar-refractivity contribution is -0.108. The van der Waals surface area contributed by atoms with E-state index in [0.29, 0.717) is 6.61 Å².